The summed E-state index contributed by atoms with van der Waals surface area (Å²) in [4.78, 5) is 38.1. The number of hydrogen-bond donors (Lipinski definition) is 2. The van der Waals surface area contributed by atoms with Gasteiger partial charge in [0.15, 0.2) is 0 Å². The lowest BCUT2D eigenvalue weighted by atomic mass is 9.81. The number of nitrogens with one attached hydrogen (secondary N) is 1. The van der Waals surface area contributed by atoms with Gasteiger partial charge in [0.1, 0.15) is 23.0 Å². The molecule has 8 heteroatoms. The average molecular weight is 466 g/mol. The van der Waals surface area contributed by atoms with E-state index in [1.807, 2.05) is 0 Å². The van der Waals surface area contributed by atoms with Crippen molar-refractivity contribution >= 4 is 35.1 Å². The second-order valence-corrected chi connectivity index (χ2v) is 7.95. The van der Waals surface area contributed by atoms with E-state index in [0.29, 0.717) is 34.0 Å². The van der Waals surface area contributed by atoms with Gasteiger partial charge >= 0.3 is 11.9 Å². The monoisotopic (exact) mass is 465 g/mol. The molecule has 7 nitrogen and oxygen atoms in total. The minimum atomic E-state index is -1.25. The van der Waals surface area contributed by atoms with Gasteiger partial charge in [-0.3, -0.25) is 9.59 Å². The van der Waals surface area contributed by atoms with E-state index in [1.165, 1.54) is 18.2 Å². The number of hydrogen-bond acceptors (Lipinski definition) is 5. The number of benzene rings is 3. The van der Waals surface area contributed by atoms with Crippen molar-refractivity contribution in [1.82, 2.24) is 0 Å². The second kappa shape index (κ2) is 9.34. The van der Waals surface area contributed by atoms with Crippen LogP contribution in [0.2, 0.25) is 5.02 Å². The molecule has 0 radical (unpaired) electrons. The molecule has 3 aromatic rings. The Labute approximate surface area is 194 Å². The van der Waals surface area contributed by atoms with Crippen molar-refractivity contribution in [3.63, 3.8) is 0 Å². The van der Waals surface area contributed by atoms with E-state index >= 15 is 0 Å². The molecule has 1 aliphatic rings. The quantitative estimate of drug-likeness (QED) is 0.325. The molecule has 0 saturated heterocycles. The minimum Gasteiger partial charge on any atom is -0.497 e. The number of esters is 1. The van der Waals surface area contributed by atoms with Crippen LogP contribution >= 0.6 is 11.6 Å². The highest BCUT2D eigenvalue weighted by Crippen LogP contribution is 2.39. The van der Waals surface area contributed by atoms with Crippen LogP contribution in [-0.2, 0) is 16.0 Å². The van der Waals surface area contributed by atoms with Gasteiger partial charge in [-0.05, 0) is 53.9 Å². The van der Waals surface area contributed by atoms with E-state index in [1.54, 1.807) is 55.6 Å². The number of fused-ring (bicyclic) bond motifs is 1. The highest BCUT2D eigenvalue weighted by atomic mass is 35.5. The Hall–Kier alpha value is -3.84. The molecule has 2 atom stereocenters. The fraction of sp³-hybridized carbons (Fsp3) is 0.160. The lowest BCUT2D eigenvalue weighted by molar-refractivity contribution is -0.144. The van der Waals surface area contributed by atoms with Crippen LogP contribution in [0.1, 0.15) is 27.4 Å². The van der Waals surface area contributed by atoms with Crippen molar-refractivity contribution in [1.29, 1.82) is 0 Å². The molecule has 1 amide bonds. The fourth-order valence-electron chi connectivity index (χ4n) is 3.95. The van der Waals surface area contributed by atoms with Crippen LogP contribution in [0.25, 0.3) is 0 Å². The maximum absolute atomic E-state index is 13.3. The third-order valence-corrected chi connectivity index (χ3v) is 5.97. The summed E-state index contributed by atoms with van der Waals surface area (Å²) in [5, 5.41) is 12.7. The number of ether oxygens (including phenoxy) is 2. The molecule has 0 spiro atoms. The topological polar surface area (TPSA) is 102 Å². The van der Waals surface area contributed by atoms with Gasteiger partial charge in [-0.1, -0.05) is 41.9 Å². The number of halogens is 1. The maximum Gasteiger partial charge on any atom is 0.339 e. The Bertz CT molecular complexity index is 1220. The molecule has 0 bridgehead atoms. The van der Waals surface area contributed by atoms with Crippen LogP contribution in [0.3, 0.4) is 0 Å². The van der Waals surface area contributed by atoms with Gasteiger partial charge in [0, 0.05) is 16.6 Å². The molecule has 4 rings (SSSR count). The highest BCUT2D eigenvalue weighted by Gasteiger charge is 2.41. The third kappa shape index (κ3) is 4.54. The zero-order valence-corrected chi connectivity index (χ0v) is 18.3. The van der Waals surface area contributed by atoms with Crippen LogP contribution < -0.4 is 14.8 Å². The number of rotatable bonds is 5. The molecule has 168 valence electrons. The molecule has 0 aliphatic carbocycles. The van der Waals surface area contributed by atoms with Crippen LogP contribution in [0.15, 0.2) is 66.7 Å². The summed E-state index contributed by atoms with van der Waals surface area (Å²) in [5.41, 5.74) is 1.77. The lowest BCUT2D eigenvalue weighted by Gasteiger charge is -2.23. The largest absolute Gasteiger partial charge is 0.497 e. The number of amides is 1. The van der Waals surface area contributed by atoms with Gasteiger partial charge in [0.25, 0.3) is 0 Å². The first-order valence-corrected chi connectivity index (χ1v) is 10.5. The summed E-state index contributed by atoms with van der Waals surface area (Å²) in [6, 6.07) is 18.0. The van der Waals surface area contributed by atoms with E-state index in [4.69, 9.17) is 21.1 Å². The Balaban J connectivity index is 1.76. The van der Waals surface area contributed by atoms with E-state index < -0.39 is 29.7 Å². The predicted octanol–water partition coefficient (Wildman–Crippen LogP) is 4.55. The molecule has 33 heavy (non-hydrogen) atoms. The Morgan fingerprint density at radius 3 is 2.45 bits per heavy atom. The first-order valence-electron chi connectivity index (χ1n) is 10.1. The number of carboxylic acid groups (broad SMARTS) is 1. The molecule has 0 unspecified atom stereocenters. The summed E-state index contributed by atoms with van der Waals surface area (Å²) in [7, 11) is 1.55. The number of carbonyl (C=O) groups excluding carboxylic acids is 2. The van der Waals surface area contributed by atoms with E-state index in [2.05, 4.69) is 5.32 Å². The SMILES string of the molecule is COc1ccc([C@@H]2Cc3c(Cl)cccc3NC(=O)[C@@H]2C(=O)Oc2ccccc2C(=O)O)cc1. The van der Waals surface area contributed by atoms with Gasteiger partial charge in [0.2, 0.25) is 5.91 Å². The number of anilines is 1. The van der Waals surface area contributed by atoms with Crippen LogP contribution in [0.4, 0.5) is 5.69 Å². The van der Waals surface area contributed by atoms with Crippen LogP contribution in [0, 0.1) is 5.92 Å². The smallest absolute Gasteiger partial charge is 0.339 e. The summed E-state index contributed by atoms with van der Waals surface area (Å²) in [6.07, 6.45) is 0.292. The average Bonchev–Trinajstić information content (AvgIpc) is 2.96. The lowest BCUT2D eigenvalue weighted by Crippen LogP contribution is -2.36. The molecule has 1 aliphatic heterocycles. The molecule has 1 heterocycles. The number of methoxy groups -OCH3 is 1. The molecular weight excluding hydrogens is 446 g/mol. The molecule has 0 aromatic heterocycles. The van der Waals surface area contributed by atoms with Gasteiger partial charge in [-0.15, -0.1) is 0 Å². The normalized spacial score (nSPS) is 17.3. The zero-order valence-electron chi connectivity index (χ0n) is 17.6. The number of carboxylic acids is 1. The van der Waals surface area contributed by atoms with Gasteiger partial charge in [-0.2, -0.15) is 0 Å². The standard InChI is InChI=1S/C25H20ClNO6/c1-32-15-11-9-14(10-12-15)17-13-18-19(26)6-4-7-20(18)27-23(28)22(17)25(31)33-21-8-3-2-5-16(21)24(29)30/h2-12,17,22H,13H2,1H3,(H,27,28)(H,29,30)/t17-,22+/m0/s1. The Morgan fingerprint density at radius 1 is 1.03 bits per heavy atom. The van der Waals surface area contributed by atoms with E-state index in [0.717, 1.165) is 0 Å². The van der Waals surface area contributed by atoms with Crippen molar-refractivity contribution in [2.75, 3.05) is 12.4 Å². The van der Waals surface area contributed by atoms with Crippen molar-refractivity contribution in [2.24, 2.45) is 5.92 Å². The number of carbonyl (C=O) groups is 3. The van der Waals surface area contributed by atoms with Crippen molar-refractivity contribution in [2.45, 2.75) is 12.3 Å². The second-order valence-electron chi connectivity index (χ2n) is 7.54. The molecule has 0 fully saturated rings. The van der Waals surface area contributed by atoms with Gasteiger partial charge in [-0.25, -0.2) is 4.79 Å². The molecule has 2 N–H and O–H groups in total. The number of para-hydroxylation sites is 1. The van der Waals surface area contributed by atoms with Crippen molar-refractivity contribution in [3.05, 3.63) is 88.4 Å². The molecule has 3 aromatic carbocycles. The summed E-state index contributed by atoms with van der Waals surface area (Å²) >= 11 is 6.42. The molecular formula is C25H20ClNO6. The fourth-order valence-corrected chi connectivity index (χ4v) is 4.20. The Morgan fingerprint density at radius 2 is 1.76 bits per heavy atom. The van der Waals surface area contributed by atoms with Crippen molar-refractivity contribution in [3.8, 4) is 11.5 Å². The number of aromatic carboxylic acids is 1. The molecule has 0 saturated carbocycles. The highest BCUT2D eigenvalue weighted by molar-refractivity contribution is 6.32. The van der Waals surface area contributed by atoms with Crippen LogP contribution in [-0.4, -0.2) is 30.1 Å². The van der Waals surface area contributed by atoms with E-state index in [9.17, 15) is 19.5 Å². The summed E-state index contributed by atoms with van der Waals surface area (Å²) < 4.78 is 10.7. The van der Waals surface area contributed by atoms with Crippen molar-refractivity contribution < 1.29 is 29.0 Å². The first-order chi connectivity index (χ1) is 15.9. The van der Waals surface area contributed by atoms with Crippen LogP contribution in [0.5, 0.6) is 11.5 Å². The minimum absolute atomic E-state index is 0.129. The Kier molecular flexibility index (Phi) is 6.33. The predicted molar refractivity (Wildman–Crippen MR) is 122 cm³/mol. The first kappa shape index (κ1) is 22.4. The zero-order chi connectivity index (χ0) is 23.5. The summed E-state index contributed by atoms with van der Waals surface area (Å²) in [6.45, 7) is 0. The van der Waals surface area contributed by atoms with E-state index in [-0.39, 0.29) is 11.3 Å². The summed E-state index contributed by atoms with van der Waals surface area (Å²) in [5.74, 6) is -4.01. The third-order valence-electron chi connectivity index (χ3n) is 5.61. The van der Waals surface area contributed by atoms with Gasteiger partial charge in [0.05, 0.1) is 7.11 Å². The maximum atomic E-state index is 13.3. The van der Waals surface area contributed by atoms with Gasteiger partial charge < -0.3 is 19.9 Å².